The molecule has 0 unspecified atom stereocenters. The Bertz CT molecular complexity index is 716. The van der Waals surface area contributed by atoms with Gasteiger partial charge in [-0.1, -0.05) is 41.6 Å². The number of hydrogen-bond donors (Lipinski definition) is 2. The van der Waals surface area contributed by atoms with Gasteiger partial charge in [0.05, 0.1) is 12.5 Å². The summed E-state index contributed by atoms with van der Waals surface area (Å²) in [5.74, 6) is -1.44. The molecule has 28 heavy (non-hydrogen) atoms. The molecule has 1 aromatic rings. The van der Waals surface area contributed by atoms with Crippen LogP contribution in [0.5, 0.6) is 5.75 Å². The summed E-state index contributed by atoms with van der Waals surface area (Å²) in [6.45, 7) is 1.32. The Hall–Kier alpha value is -2.02. The first-order valence-electron chi connectivity index (χ1n) is 8.74. The molecule has 0 bridgehead atoms. The van der Waals surface area contributed by atoms with Gasteiger partial charge in [0.1, 0.15) is 11.3 Å². The van der Waals surface area contributed by atoms with Crippen molar-refractivity contribution in [1.82, 2.24) is 5.32 Å². The fourth-order valence-electron chi connectivity index (χ4n) is 2.48. The highest BCUT2D eigenvalue weighted by Gasteiger charge is 2.37. The zero-order valence-corrected chi connectivity index (χ0v) is 17.5. The van der Waals surface area contributed by atoms with Crippen molar-refractivity contribution in [2.75, 3.05) is 17.8 Å². The number of nitrogens with one attached hydrogen (secondary N) is 1. The molecule has 2 N–H and O–H groups in total. The topological polar surface area (TPSA) is 120 Å². The second kappa shape index (κ2) is 11.1. The van der Waals surface area contributed by atoms with Crippen LogP contribution in [0.25, 0.3) is 0 Å². The third-order valence-electron chi connectivity index (χ3n) is 3.87. The summed E-state index contributed by atoms with van der Waals surface area (Å²) in [6, 6.07) is 4.83. The Morgan fingerprint density at radius 2 is 2.11 bits per heavy atom. The standard InChI is InChI=1S/C17H21BINO8/c1-2-14(21)20-13-9-11-5-3-6-12(15(11)28-18(13)24)16(22)26-10-27-17(23)25-8-4-7-19/h3,5-6,13,24H,2,4,7-10H2,1H3,(H,20,21)/t13-/m0/s1. The molecular formula is C17H21BINO8. The molecule has 0 spiro atoms. The number of halogens is 1. The van der Waals surface area contributed by atoms with E-state index in [1.807, 2.05) is 0 Å². The van der Waals surface area contributed by atoms with E-state index in [1.165, 1.54) is 6.07 Å². The number of fused-ring (bicyclic) bond motifs is 1. The van der Waals surface area contributed by atoms with Crippen LogP contribution in [0.1, 0.15) is 35.7 Å². The monoisotopic (exact) mass is 505 g/mol. The first kappa shape index (κ1) is 22.3. The molecule has 1 aromatic carbocycles. The summed E-state index contributed by atoms with van der Waals surface area (Å²) in [4.78, 5) is 35.2. The van der Waals surface area contributed by atoms with Gasteiger partial charge in [0.15, 0.2) is 0 Å². The fourth-order valence-corrected chi connectivity index (χ4v) is 2.79. The van der Waals surface area contributed by atoms with Gasteiger partial charge in [-0.3, -0.25) is 4.79 Å². The number of ether oxygens (including phenoxy) is 3. The van der Waals surface area contributed by atoms with Gasteiger partial charge in [-0.05, 0) is 24.5 Å². The number of rotatable bonds is 8. The molecule has 9 nitrogen and oxygen atoms in total. The molecule has 152 valence electrons. The van der Waals surface area contributed by atoms with Crippen LogP contribution in [0.4, 0.5) is 4.79 Å². The van der Waals surface area contributed by atoms with E-state index in [0.717, 1.165) is 4.43 Å². The Kier molecular flexibility index (Phi) is 8.83. The van der Waals surface area contributed by atoms with Crippen molar-refractivity contribution in [2.45, 2.75) is 32.1 Å². The average Bonchev–Trinajstić information content (AvgIpc) is 2.68. The van der Waals surface area contributed by atoms with E-state index in [0.29, 0.717) is 18.4 Å². The number of benzene rings is 1. The van der Waals surface area contributed by atoms with Crippen molar-refractivity contribution < 1.29 is 38.3 Å². The summed E-state index contributed by atoms with van der Waals surface area (Å²) in [6.07, 6.45) is 0.352. The highest BCUT2D eigenvalue weighted by atomic mass is 127. The largest absolute Gasteiger partial charge is 0.547 e. The van der Waals surface area contributed by atoms with Crippen LogP contribution in [-0.2, 0) is 25.4 Å². The van der Waals surface area contributed by atoms with Crippen molar-refractivity contribution in [3.05, 3.63) is 29.3 Å². The number of hydrogen-bond acceptors (Lipinski definition) is 8. The number of carbonyl (C=O) groups is 3. The molecule has 0 radical (unpaired) electrons. The molecule has 11 heteroatoms. The summed E-state index contributed by atoms with van der Waals surface area (Å²) in [7, 11) is -1.30. The molecule has 0 saturated heterocycles. The van der Waals surface area contributed by atoms with Gasteiger partial charge in [-0.15, -0.1) is 0 Å². The molecule has 0 aromatic heterocycles. The lowest BCUT2D eigenvalue weighted by Gasteiger charge is -2.29. The number of carbonyl (C=O) groups excluding carboxylic acids is 3. The minimum atomic E-state index is -1.30. The van der Waals surface area contributed by atoms with E-state index in [2.05, 4.69) is 32.6 Å². The van der Waals surface area contributed by atoms with Gasteiger partial charge in [-0.2, -0.15) is 0 Å². The second-order valence-electron chi connectivity index (χ2n) is 5.87. The average molecular weight is 505 g/mol. The molecule has 1 atom stereocenters. The van der Waals surface area contributed by atoms with E-state index in [1.54, 1.807) is 19.1 Å². The Morgan fingerprint density at radius 1 is 1.32 bits per heavy atom. The highest BCUT2D eigenvalue weighted by Crippen LogP contribution is 2.30. The lowest BCUT2D eigenvalue weighted by molar-refractivity contribution is -0.121. The van der Waals surface area contributed by atoms with Crippen LogP contribution in [0.15, 0.2) is 18.2 Å². The zero-order chi connectivity index (χ0) is 20.5. The van der Waals surface area contributed by atoms with E-state index < -0.39 is 32.0 Å². The third kappa shape index (κ3) is 6.26. The molecule has 1 aliphatic heterocycles. The molecule has 0 fully saturated rings. The van der Waals surface area contributed by atoms with E-state index in [4.69, 9.17) is 14.1 Å². The molecule has 1 heterocycles. The van der Waals surface area contributed by atoms with Gasteiger partial charge in [0, 0.05) is 10.8 Å². The van der Waals surface area contributed by atoms with Gasteiger partial charge >= 0.3 is 19.2 Å². The van der Waals surface area contributed by atoms with Gasteiger partial charge in [0.2, 0.25) is 12.7 Å². The molecule has 2 rings (SSSR count). The number of para-hydroxylation sites is 1. The van der Waals surface area contributed by atoms with Crippen LogP contribution in [0.3, 0.4) is 0 Å². The Balaban J connectivity index is 1.95. The molecule has 0 aliphatic carbocycles. The first-order valence-corrected chi connectivity index (χ1v) is 10.3. The highest BCUT2D eigenvalue weighted by molar-refractivity contribution is 14.1. The predicted molar refractivity (Wildman–Crippen MR) is 107 cm³/mol. The Labute approximate surface area is 176 Å². The summed E-state index contributed by atoms with van der Waals surface area (Å²) >= 11 is 2.15. The van der Waals surface area contributed by atoms with Crippen LogP contribution in [-0.4, -0.2) is 53.9 Å². The predicted octanol–water partition coefficient (Wildman–Crippen LogP) is 1.63. The van der Waals surface area contributed by atoms with Crippen LogP contribution < -0.4 is 9.97 Å². The maximum absolute atomic E-state index is 12.3. The SMILES string of the molecule is CCC(=O)N[C@H]1Cc2cccc(C(=O)OCOC(=O)OCCCI)c2OB1O. The van der Waals surface area contributed by atoms with E-state index >= 15 is 0 Å². The maximum atomic E-state index is 12.3. The summed E-state index contributed by atoms with van der Waals surface area (Å²) < 4.78 is 20.7. The van der Waals surface area contributed by atoms with Gasteiger partial charge in [-0.25, -0.2) is 9.59 Å². The number of amides is 1. The minimum absolute atomic E-state index is 0.0821. The Morgan fingerprint density at radius 3 is 2.82 bits per heavy atom. The van der Waals surface area contributed by atoms with Crippen molar-refractivity contribution in [1.29, 1.82) is 0 Å². The van der Waals surface area contributed by atoms with Crippen molar-refractivity contribution in [3.63, 3.8) is 0 Å². The lowest BCUT2D eigenvalue weighted by atomic mass is 9.72. The van der Waals surface area contributed by atoms with Crippen molar-refractivity contribution in [2.24, 2.45) is 0 Å². The van der Waals surface area contributed by atoms with E-state index in [9.17, 15) is 19.4 Å². The number of esters is 1. The molecule has 1 aliphatic rings. The molecule has 0 saturated carbocycles. The maximum Gasteiger partial charge on any atom is 0.547 e. The van der Waals surface area contributed by atoms with Crippen LogP contribution in [0.2, 0.25) is 0 Å². The van der Waals surface area contributed by atoms with Crippen LogP contribution >= 0.6 is 22.6 Å². The van der Waals surface area contributed by atoms with Gasteiger partial charge < -0.3 is 29.2 Å². The zero-order valence-electron chi connectivity index (χ0n) is 15.3. The van der Waals surface area contributed by atoms with Crippen molar-refractivity contribution in [3.8, 4) is 5.75 Å². The van der Waals surface area contributed by atoms with E-state index in [-0.39, 0.29) is 30.2 Å². The molecule has 1 amide bonds. The smallest absolute Gasteiger partial charge is 0.534 e. The quantitative estimate of drug-likeness (QED) is 0.137. The summed E-state index contributed by atoms with van der Waals surface area (Å²) in [5.41, 5.74) is 0.721. The normalized spacial score (nSPS) is 15.1. The minimum Gasteiger partial charge on any atom is -0.534 e. The second-order valence-corrected chi connectivity index (χ2v) is 6.95. The lowest BCUT2D eigenvalue weighted by Crippen LogP contribution is -2.53. The first-order chi connectivity index (χ1) is 13.5. The van der Waals surface area contributed by atoms with Gasteiger partial charge in [0.25, 0.3) is 0 Å². The fraction of sp³-hybridized carbons (Fsp3) is 0.471. The third-order valence-corrected chi connectivity index (χ3v) is 4.63. The molecular weight excluding hydrogens is 484 g/mol. The van der Waals surface area contributed by atoms with Crippen molar-refractivity contribution >= 4 is 47.7 Å². The number of alkyl halides is 1. The van der Waals surface area contributed by atoms with Crippen LogP contribution in [0, 0.1) is 0 Å². The summed E-state index contributed by atoms with van der Waals surface area (Å²) in [5, 5.41) is 12.8.